The van der Waals surface area contributed by atoms with Crippen molar-refractivity contribution in [3.8, 4) is 5.75 Å². The van der Waals surface area contributed by atoms with Gasteiger partial charge in [-0.3, -0.25) is 0 Å². The van der Waals surface area contributed by atoms with Crippen LogP contribution in [0, 0.1) is 0 Å². The SMILES string of the molecule is c1nc2cc3c(cc2o1)NCO3. The Morgan fingerprint density at radius 3 is 3.42 bits per heavy atom. The summed E-state index contributed by atoms with van der Waals surface area (Å²) < 4.78 is 10.4. The zero-order valence-corrected chi connectivity index (χ0v) is 6.20. The number of oxazole rings is 1. The molecule has 0 radical (unpaired) electrons. The Morgan fingerprint density at radius 2 is 2.42 bits per heavy atom. The summed E-state index contributed by atoms with van der Waals surface area (Å²) in [5, 5.41) is 3.07. The molecule has 1 aliphatic heterocycles. The van der Waals surface area contributed by atoms with Gasteiger partial charge in [0, 0.05) is 12.1 Å². The highest BCUT2D eigenvalue weighted by Crippen LogP contribution is 2.32. The van der Waals surface area contributed by atoms with Crippen LogP contribution in [0.3, 0.4) is 0 Å². The van der Waals surface area contributed by atoms with Crippen LogP contribution in [0.15, 0.2) is 22.9 Å². The van der Waals surface area contributed by atoms with Crippen LogP contribution in [0.1, 0.15) is 0 Å². The number of hydrogen-bond donors (Lipinski definition) is 1. The number of hydrogen-bond acceptors (Lipinski definition) is 4. The summed E-state index contributed by atoms with van der Waals surface area (Å²) in [5.41, 5.74) is 2.59. The number of nitrogens with zero attached hydrogens (tertiary/aromatic N) is 1. The average molecular weight is 162 g/mol. The smallest absolute Gasteiger partial charge is 0.181 e. The van der Waals surface area contributed by atoms with Gasteiger partial charge in [0.25, 0.3) is 0 Å². The van der Waals surface area contributed by atoms with Crippen molar-refractivity contribution in [2.75, 3.05) is 12.0 Å². The van der Waals surface area contributed by atoms with E-state index in [0.29, 0.717) is 6.73 Å². The lowest BCUT2D eigenvalue weighted by atomic mass is 10.3. The maximum absolute atomic E-state index is 5.28. The van der Waals surface area contributed by atoms with Crippen molar-refractivity contribution in [3.05, 3.63) is 18.5 Å². The van der Waals surface area contributed by atoms with Crippen LogP contribution < -0.4 is 10.1 Å². The van der Waals surface area contributed by atoms with E-state index in [9.17, 15) is 0 Å². The molecule has 1 aliphatic rings. The van der Waals surface area contributed by atoms with Crippen LogP contribution in [-0.2, 0) is 0 Å². The molecule has 0 unspecified atom stereocenters. The Hall–Kier alpha value is -1.71. The van der Waals surface area contributed by atoms with Crippen LogP contribution in [0.5, 0.6) is 5.75 Å². The number of ether oxygens (including phenoxy) is 1. The number of aromatic nitrogens is 1. The normalized spacial score (nSPS) is 14.0. The highest BCUT2D eigenvalue weighted by Gasteiger charge is 2.13. The van der Waals surface area contributed by atoms with Crippen LogP contribution in [0.4, 0.5) is 5.69 Å². The molecule has 0 amide bonds. The first-order chi connectivity index (χ1) is 5.93. The van der Waals surface area contributed by atoms with Gasteiger partial charge >= 0.3 is 0 Å². The van der Waals surface area contributed by atoms with Crippen molar-refractivity contribution in [2.24, 2.45) is 0 Å². The first-order valence-electron chi connectivity index (χ1n) is 3.67. The quantitative estimate of drug-likeness (QED) is 0.639. The first-order valence-corrected chi connectivity index (χ1v) is 3.67. The fourth-order valence-corrected chi connectivity index (χ4v) is 1.33. The monoisotopic (exact) mass is 162 g/mol. The number of fused-ring (bicyclic) bond motifs is 2. The lowest BCUT2D eigenvalue weighted by Crippen LogP contribution is -1.96. The van der Waals surface area contributed by atoms with Gasteiger partial charge in [-0.05, 0) is 0 Å². The third-order valence-corrected chi connectivity index (χ3v) is 1.92. The summed E-state index contributed by atoms with van der Waals surface area (Å²) in [6, 6.07) is 3.76. The van der Waals surface area contributed by atoms with Crippen LogP contribution in [-0.4, -0.2) is 11.7 Å². The molecule has 0 fully saturated rings. The van der Waals surface area contributed by atoms with E-state index >= 15 is 0 Å². The standard InChI is InChI=1S/C8H6N2O2/c1-5-8(12-3-9-5)2-6-7(1)11-4-10-6/h1-3,10H,4H2. The second-order valence-electron chi connectivity index (χ2n) is 2.63. The van der Waals surface area contributed by atoms with Gasteiger partial charge in [0.2, 0.25) is 0 Å². The first kappa shape index (κ1) is 5.88. The fourth-order valence-electron chi connectivity index (χ4n) is 1.33. The molecule has 12 heavy (non-hydrogen) atoms. The van der Waals surface area contributed by atoms with Crippen molar-refractivity contribution in [3.63, 3.8) is 0 Å². The van der Waals surface area contributed by atoms with Gasteiger partial charge in [0.05, 0.1) is 5.69 Å². The number of rotatable bonds is 0. The molecule has 0 bridgehead atoms. The second-order valence-corrected chi connectivity index (χ2v) is 2.63. The molecule has 60 valence electrons. The molecule has 3 rings (SSSR count). The van der Waals surface area contributed by atoms with E-state index in [1.165, 1.54) is 6.39 Å². The van der Waals surface area contributed by atoms with E-state index < -0.39 is 0 Å². The second kappa shape index (κ2) is 1.91. The van der Waals surface area contributed by atoms with Crippen molar-refractivity contribution in [1.29, 1.82) is 0 Å². The molecule has 0 spiro atoms. The lowest BCUT2D eigenvalue weighted by molar-refractivity contribution is 0.373. The fraction of sp³-hybridized carbons (Fsp3) is 0.125. The summed E-state index contributed by atoms with van der Waals surface area (Å²) in [4.78, 5) is 4.02. The maximum atomic E-state index is 5.28. The Labute approximate surface area is 68.1 Å². The molecular formula is C8H6N2O2. The number of anilines is 1. The molecule has 4 heteroatoms. The zero-order valence-electron chi connectivity index (χ0n) is 6.20. The van der Waals surface area contributed by atoms with E-state index in [1.54, 1.807) is 0 Å². The van der Waals surface area contributed by atoms with E-state index in [1.807, 2.05) is 12.1 Å². The predicted molar refractivity (Wildman–Crippen MR) is 43.1 cm³/mol. The molecule has 1 N–H and O–H groups in total. The molecular weight excluding hydrogens is 156 g/mol. The Balaban J connectivity index is 2.38. The Kier molecular flexibility index (Phi) is 0.935. The van der Waals surface area contributed by atoms with Crippen molar-refractivity contribution in [1.82, 2.24) is 4.98 Å². The van der Waals surface area contributed by atoms with Gasteiger partial charge in [0.15, 0.2) is 18.7 Å². The summed E-state index contributed by atoms with van der Waals surface area (Å²) in [6.07, 6.45) is 1.43. The van der Waals surface area contributed by atoms with Crippen molar-refractivity contribution < 1.29 is 9.15 Å². The minimum Gasteiger partial charge on any atom is -0.471 e. The summed E-state index contributed by atoms with van der Waals surface area (Å²) in [6.45, 7) is 0.530. The third kappa shape index (κ3) is 0.637. The topological polar surface area (TPSA) is 47.3 Å². The van der Waals surface area contributed by atoms with Crippen LogP contribution in [0.2, 0.25) is 0 Å². The van der Waals surface area contributed by atoms with Crippen molar-refractivity contribution in [2.45, 2.75) is 0 Å². The van der Waals surface area contributed by atoms with Crippen LogP contribution in [0.25, 0.3) is 11.1 Å². The highest BCUT2D eigenvalue weighted by atomic mass is 16.5. The largest absolute Gasteiger partial charge is 0.471 e. The van der Waals surface area contributed by atoms with E-state index in [-0.39, 0.29) is 0 Å². The highest BCUT2D eigenvalue weighted by molar-refractivity contribution is 5.81. The molecule has 4 nitrogen and oxygen atoms in total. The number of nitrogens with one attached hydrogen (secondary N) is 1. The molecule has 0 saturated carbocycles. The summed E-state index contributed by atoms with van der Waals surface area (Å²) in [5.74, 6) is 0.844. The molecule has 1 aromatic heterocycles. The summed E-state index contributed by atoms with van der Waals surface area (Å²) in [7, 11) is 0. The molecule has 2 heterocycles. The minimum absolute atomic E-state index is 0.530. The van der Waals surface area contributed by atoms with E-state index in [0.717, 1.165) is 22.5 Å². The van der Waals surface area contributed by atoms with Gasteiger partial charge in [-0.2, -0.15) is 0 Å². The molecule has 2 aromatic rings. The Morgan fingerprint density at radius 1 is 1.42 bits per heavy atom. The van der Waals surface area contributed by atoms with Gasteiger partial charge in [-0.1, -0.05) is 0 Å². The van der Waals surface area contributed by atoms with E-state index in [4.69, 9.17) is 9.15 Å². The third-order valence-electron chi connectivity index (χ3n) is 1.92. The van der Waals surface area contributed by atoms with Crippen LogP contribution >= 0.6 is 0 Å². The number of benzene rings is 1. The summed E-state index contributed by atoms with van der Waals surface area (Å²) >= 11 is 0. The van der Waals surface area contributed by atoms with Gasteiger partial charge in [-0.15, -0.1) is 0 Å². The van der Waals surface area contributed by atoms with Gasteiger partial charge < -0.3 is 14.5 Å². The molecule has 1 aromatic carbocycles. The maximum Gasteiger partial charge on any atom is 0.181 e. The predicted octanol–water partition coefficient (Wildman–Crippen LogP) is 1.59. The minimum atomic E-state index is 0.530. The van der Waals surface area contributed by atoms with Crippen molar-refractivity contribution >= 4 is 16.8 Å². The zero-order chi connectivity index (χ0) is 7.97. The van der Waals surface area contributed by atoms with E-state index in [2.05, 4.69) is 10.3 Å². The van der Waals surface area contributed by atoms with Gasteiger partial charge in [0.1, 0.15) is 11.3 Å². The molecule has 0 saturated heterocycles. The molecule has 0 aliphatic carbocycles. The molecule has 0 atom stereocenters. The lowest BCUT2D eigenvalue weighted by Gasteiger charge is -1.94. The average Bonchev–Trinajstić information content (AvgIpc) is 2.64. The Bertz CT molecular complexity index is 398. The van der Waals surface area contributed by atoms with Gasteiger partial charge in [-0.25, -0.2) is 4.98 Å².